The molecule has 0 bridgehead atoms. The molecule has 0 saturated carbocycles. The number of carbonyl (C=O) groups excluding carboxylic acids is 1. The van der Waals surface area contributed by atoms with Crippen molar-refractivity contribution in [3.05, 3.63) is 54.0 Å². The lowest BCUT2D eigenvalue weighted by molar-refractivity contribution is 0.0974. The number of Topliss-reactive ketones (excluding diaryl/α,β-unsaturated/α-hetero) is 1. The molecule has 88 valence electrons. The Hall–Kier alpha value is -2.03. The molecule has 1 aromatic heterocycles. The fraction of sp³-hybridized carbons (Fsp3) is 0.214. The molecule has 3 nitrogen and oxygen atoms in total. The van der Waals surface area contributed by atoms with Crippen LogP contribution in [0.1, 0.15) is 16.1 Å². The van der Waals surface area contributed by atoms with Gasteiger partial charge in [0, 0.05) is 12.7 Å². The molecule has 3 heteroatoms. The fourth-order valence-corrected chi connectivity index (χ4v) is 1.81. The minimum Gasteiger partial charge on any atom is -0.461 e. The molecule has 0 amide bonds. The van der Waals surface area contributed by atoms with Gasteiger partial charge < -0.3 is 9.32 Å². The Kier molecular flexibility index (Phi) is 3.28. The zero-order valence-corrected chi connectivity index (χ0v) is 10.0. The number of anilines is 1. The van der Waals surface area contributed by atoms with E-state index in [1.54, 1.807) is 12.1 Å². The summed E-state index contributed by atoms with van der Waals surface area (Å²) >= 11 is 0. The molecule has 17 heavy (non-hydrogen) atoms. The average Bonchev–Trinajstić information content (AvgIpc) is 2.82. The predicted molar refractivity (Wildman–Crippen MR) is 67.5 cm³/mol. The number of nitrogens with zero attached hydrogens (tertiary/aromatic N) is 1. The van der Waals surface area contributed by atoms with Gasteiger partial charge in [-0.15, -0.1) is 0 Å². The zero-order chi connectivity index (χ0) is 12.3. The van der Waals surface area contributed by atoms with Crippen LogP contribution in [-0.2, 0) is 0 Å². The second-order valence-corrected chi connectivity index (χ2v) is 4.04. The third-order valence-corrected chi connectivity index (χ3v) is 2.70. The van der Waals surface area contributed by atoms with Crippen LogP contribution in [0.4, 0.5) is 5.69 Å². The molecular formula is C14H15NO2. The highest BCUT2D eigenvalue weighted by Gasteiger charge is 2.13. The molecule has 0 radical (unpaired) electrons. The van der Waals surface area contributed by atoms with Crippen LogP contribution in [0.25, 0.3) is 0 Å². The van der Waals surface area contributed by atoms with Gasteiger partial charge in [-0.2, -0.15) is 0 Å². The maximum Gasteiger partial charge on any atom is 0.217 e. The summed E-state index contributed by atoms with van der Waals surface area (Å²) < 4.78 is 5.09. The number of para-hydroxylation sites is 1. The number of likely N-dealkylation sites (N-methyl/N-ethyl adjacent to an activating group) is 1. The van der Waals surface area contributed by atoms with Gasteiger partial charge in [0.25, 0.3) is 0 Å². The Bertz CT molecular complexity index is 503. The fourth-order valence-electron chi connectivity index (χ4n) is 1.81. The molecule has 1 aromatic carbocycles. The number of ketones is 1. The topological polar surface area (TPSA) is 33.5 Å². The maximum atomic E-state index is 11.9. The van der Waals surface area contributed by atoms with Gasteiger partial charge in [-0.1, -0.05) is 18.2 Å². The summed E-state index contributed by atoms with van der Waals surface area (Å²) in [5, 5.41) is 0. The van der Waals surface area contributed by atoms with Crippen molar-refractivity contribution in [1.82, 2.24) is 0 Å². The zero-order valence-electron chi connectivity index (χ0n) is 10.0. The van der Waals surface area contributed by atoms with Crippen molar-refractivity contribution >= 4 is 11.5 Å². The van der Waals surface area contributed by atoms with E-state index in [0.29, 0.717) is 12.3 Å². The second-order valence-electron chi connectivity index (χ2n) is 4.04. The number of hydrogen-bond donors (Lipinski definition) is 0. The van der Waals surface area contributed by atoms with E-state index in [1.807, 2.05) is 43.1 Å². The van der Waals surface area contributed by atoms with E-state index in [4.69, 9.17) is 4.42 Å². The highest BCUT2D eigenvalue weighted by Crippen LogP contribution is 2.18. The molecule has 0 atom stereocenters. The monoisotopic (exact) mass is 229 g/mol. The van der Waals surface area contributed by atoms with Crippen LogP contribution in [0.2, 0.25) is 0 Å². The second kappa shape index (κ2) is 4.87. The number of carbonyl (C=O) groups is 1. The number of aryl methyl sites for hydroxylation is 1. The van der Waals surface area contributed by atoms with Crippen LogP contribution in [0.15, 0.2) is 47.1 Å². The smallest absolute Gasteiger partial charge is 0.217 e. The predicted octanol–water partition coefficient (Wildman–Crippen LogP) is 2.91. The lowest BCUT2D eigenvalue weighted by Gasteiger charge is -2.19. The van der Waals surface area contributed by atoms with E-state index >= 15 is 0 Å². The van der Waals surface area contributed by atoms with Crippen molar-refractivity contribution in [3.63, 3.8) is 0 Å². The van der Waals surface area contributed by atoms with Crippen molar-refractivity contribution in [2.45, 2.75) is 6.92 Å². The minimum absolute atomic E-state index is 0.0132. The number of rotatable bonds is 4. The van der Waals surface area contributed by atoms with Crippen LogP contribution >= 0.6 is 0 Å². The average molecular weight is 229 g/mol. The third-order valence-electron chi connectivity index (χ3n) is 2.70. The van der Waals surface area contributed by atoms with Gasteiger partial charge >= 0.3 is 0 Å². The first-order valence-corrected chi connectivity index (χ1v) is 5.52. The molecule has 1 heterocycles. The van der Waals surface area contributed by atoms with Crippen LogP contribution < -0.4 is 4.90 Å². The summed E-state index contributed by atoms with van der Waals surface area (Å²) in [5.74, 6) is 0.395. The molecule has 0 N–H and O–H groups in total. The third kappa shape index (κ3) is 2.56. The Balaban J connectivity index is 2.10. The molecule has 0 spiro atoms. The SMILES string of the molecule is Cc1ccccc1N(C)CC(=O)c1ccco1. The van der Waals surface area contributed by atoms with Crippen LogP contribution in [-0.4, -0.2) is 19.4 Å². The maximum absolute atomic E-state index is 11.9. The van der Waals surface area contributed by atoms with Gasteiger partial charge in [0.2, 0.25) is 5.78 Å². The van der Waals surface area contributed by atoms with Gasteiger partial charge in [-0.05, 0) is 30.7 Å². The molecule has 2 aromatic rings. The van der Waals surface area contributed by atoms with E-state index in [2.05, 4.69) is 0 Å². The molecule has 0 aliphatic heterocycles. The molecule has 2 rings (SSSR count). The first-order chi connectivity index (χ1) is 8.18. The quantitative estimate of drug-likeness (QED) is 0.756. The van der Waals surface area contributed by atoms with Gasteiger partial charge in [0.05, 0.1) is 12.8 Å². The van der Waals surface area contributed by atoms with Crippen LogP contribution in [0.3, 0.4) is 0 Å². The number of benzene rings is 1. The molecule has 0 aliphatic carbocycles. The van der Waals surface area contributed by atoms with Gasteiger partial charge in [0.1, 0.15) is 0 Å². The number of hydrogen-bond acceptors (Lipinski definition) is 3. The summed E-state index contributed by atoms with van der Waals surface area (Å²) in [5.41, 5.74) is 2.22. The molecular weight excluding hydrogens is 214 g/mol. The number of furan rings is 1. The van der Waals surface area contributed by atoms with Crippen LogP contribution in [0.5, 0.6) is 0 Å². The summed E-state index contributed by atoms with van der Waals surface area (Å²) in [4.78, 5) is 13.8. The summed E-state index contributed by atoms with van der Waals surface area (Å²) in [6.07, 6.45) is 1.51. The molecule has 0 saturated heterocycles. The molecule has 0 unspecified atom stereocenters. The van der Waals surface area contributed by atoms with Crippen LogP contribution in [0, 0.1) is 6.92 Å². The van der Waals surface area contributed by atoms with E-state index in [-0.39, 0.29) is 5.78 Å². The lowest BCUT2D eigenvalue weighted by atomic mass is 10.2. The summed E-state index contributed by atoms with van der Waals surface area (Å²) in [6.45, 7) is 2.35. The molecule has 0 aliphatic rings. The van der Waals surface area contributed by atoms with E-state index in [1.165, 1.54) is 6.26 Å². The van der Waals surface area contributed by atoms with Crippen molar-refractivity contribution in [2.24, 2.45) is 0 Å². The summed E-state index contributed by atoms with van der Waals surface area (Å²) in [6, 6.07) is 11.4. The minimum atomic E-state index is -0.0132. The van der Waals surface area contributed by atoms with E-state index in [0.717, 1.165) is 11.3 Å². The Labute approximate surface area is 101 Å². The highest BCUT2D eigenvalue weighted by molar-refractivity contribution is 5.96. The van der Waals surface area contributed by atoms with Gasteiger partial charge in [-0.25, -0.2) is 0 Å². The Morgan fingerprint density at radius 2 is 2.00 bits per heavy atom. The first kappa shape index (κ1) is 11.5. The van der Waals surface area contributed by atoms with Crippen molar-refractivity contribution in [1.29, 1.82) is 0 Å². The normalized spacial score (nSPS) is 10.2. The van der Waals surface area contributed by atoms with Crippen molar-refractivity contribution < 1.29 is 9.21 Å². The van der Waals surface area contributed by atoms with E-state index < -0.39 is 0 Å². The van der Waals surface area contributed by atoms with Crippen molar-refractivity contribution in [2.75, 3.05) is 18.5 Å². The largest absolute Gasteiger partial charge is 0.461 e. The summed E-state index contributed by atoms with van der Waals surface area (Å²) in [7, 11) is 1.91. The lowest BCUT2D eigenvalue weighted by Crippen LogP contribution is -2.25. The van der Waals surface area contributed by atoms with Gasteiger partial charge in [0.15, 0.2) is 5.76 Å². The standard InChI is InChI=1S/C14H15NO2/c1-11-6-3-4-7-12(11)15(2)10-13(16)14-8-5-9-17-14/h3-9H,10H2,1-2H3. The first-order valence-electron chi connectivity index (χ1n) is 5.52. The highest BCUT2D eigenvalue weighted by atomic mass is 16.3. The Morgan fingerprint density at radius 3 is 2.65 bits per heavy atom. The Morgan fingerprint density at radius 1 is 1.24 bits per heavy atom. The van der Waals surface area contributed by atoms with Gasteiger partial charge in [-0.3, -0.25) is 4.79 Å². The van der Waals surface area contributed by atoms with E-state index in [9.17, 15) is 4.79 Å². The van der Waals surface area contributed by atoms with Crippen molar-refractivity contribution in [3.8, 4) is 0 Å². The molecule has 0 fully saturated rings.